The first-order valence-corrected chi connectivity index (χ1v) is 9.87. The largest absolute Gasteiger partial charge is 0.418 e. The maximum absolute atomic E-state index is 12.3. The van der Waals surface area contributed by atoms with Crippen LogP contribution in [0.4, 0.5) is 4.79 Å². The van der Waals surface area contributed by atoms with Gasteiger partial charge in [-0.1, -0.05) is 26.7 Å². The van der Waals surface area contributed by atoms with E-state index in [9.17, 15) is 22.8 Å². The Morgan fingerprint density at radius 3 is 2.65 bits per heavy atom. The van der Waals surface area contributed by atoms with Gasteiger partial charge in [0.1, 0.15) is 6.04 Å². The van der Waals surface area contributed by atoms with Crippen LogP contribution in [0.1, 0.15) is 46.0 Å². The Bertz CT molecular complexity index is 668. The molecule has 3 atom stereocenters. The Balaban J connectivity index is 1.91. The maximum Gasteiger partial charge on any atom is 0.418 e. The number of amides is 4. The van der Waals surface area contributed by atoms with Gasteiger partial charge in [0, 0.05) is 12.5 Å². The zero-order valence-electron chi connectivity index (χ0n) is 14.7. The SMILES string of the molecule is CCCCC(C)C(=O)NNC(=O)[C@@H]1CCC2CN1C(=O)N2OS(=O)(=O)O. The van der Waals surface area contributed by atoms with Gasteiger partial charge in [0.05, 0.1) is 6.04 Å². The molecule has 0 spiro atoms. The molecule has 0 saturated carbocycles. The maximum atomic E-state index is 12.3. The molecule has 2 heterocycles. The highest BCUT2D eigenvalue weighted by atomic mass is 32.3. The number of carbonyl (C=O) groups excluding carboxylic acids is 3. The van der Waals surface area contributed by atoms with Gasteiger partial charge in [-0.2, -0.15) is 13.5 Å². The Kier molecular flexibility index (Phi) is 6.42. The summed E-state index contributed by atoms with van der Waals surface area (Å²) in [6.07, 6.45) is 3.16. The van der Waals surface area contributed by atoms with Crippen LogP contribution in [0.3, 0.4) is 0 Å². The van der Waals surface area contributed by atoms with Crippen LogP contribution in [-0.4, -0.2) is 59.4 Å². The summed E-state index contributed by atoms with van der Waals surface area (Å²) in [6, 6.07) is -2.26. The van der Waals surface area contributed by atoms with Crippen molar-refractivity contribution in [3.63, 3.8) is 0 Å². The van der Waals surface area contributed by atoms with Crippen LogP contribution in [0.15, 0.2) is 0 Å². The van der Waals surface area contributed by atoms with Gasteiger partial charge >= 0.3 is 16.4 Å². The van der Waals surface area contributed by atoms with Crippen molar-refractivity contribution in [1.82, 2.24) is 20.8 Å². The minimum atomic E-state index is -4.83. The van der Waals surface area contributed by atoms with Crippen LogP contribution in [-0.2, 0) is 24.3 Å². The molecule has 26 heavy (non-hydrogen) atoms. The molecule has 3 N–H and O–H groups in total. The van der Waals surface area contributed by atoms with E-state index in [-0.39, 0.29) is 24.8 Å². The third-order valence-electron chi connectivity index (χ3n) is 4.55. The highest BCUT2D eigenvalue weighted by Gasteiger charge is 2.49. The number of hydroxylamine groups is 2. The molecule has 4 amide bonds. The molecule has 0 aromatic heterocycles. The van der Waals surface area contributed by atoms with Crippen LogP contribution >= 0.6 is 0 Å². The third kappa shape index (κ3) is 4.83. The number of hydrazine groups is 1. The summed E-state index contributed by atoms with van der Waals surface area (Å²) in [5.41, 5.74) is 4.67. The van der Waals surface area contributed by atoms with Crippen LogP contribution in [0.25, 0.3) is 0 Å². The van der Waals surface area contributed by atoms with E-state index in [1.165, 1.54) is 0 Å². The second kappa shape index (κ2) is 8.18. The smallest absolute Gasteiger partial charge is 0.309 e. The molecule has 12 heteroatoms. The number of carbonyl (C=O) groups is 3. The van der Waals surface area contributed by atoms with E-state index in [4.69, 9.17) is 4.55 Å². The molecule has 0 radical (unpaired) electrons. The molecule has 0 aromatic carbocycles. The van der Waals surface area contributed by atoms with E-state index in [2.05, 4.69) is 15.1 Å². The number of rotatable bonds is 7. The average Bonchev–Trinajstić information content (AvgIpc) is 2.80. The molecule has 0 aromatic rings. The Labute approximate surface area is 151 Å². The third-order valence-corrected chi connectivity index (χ3v) is 4.90. The summed E-state index contributed by atoms with van der Waals surface area (Å²) in [5, 5.41) is 0.564. The molecule has 2 bridgehead atoms. The Morgan fingerprint density at radius 2 is 2.04 bits per heavy atom. The van der Waals surface area contributed by atoms with Gasteiger partial charge in [0.15, 0.2) is 0 Å². The number of hydrogen-bond donors (Lipinski definition) is 3. The molecule has 2 aliphatic rings. The minimum Gasteiger partial charge on any atom is -0.309 e. The fraction of sp³-hybridized carbons (Fsp3) is 0.786. The van der Waals surface area contributed by atoms with Gasteiger partial charge in [0.2, 0.25) is 5.91 Å². The van der Waals surface area contributed by atoms with Crippen LogP contribution in [0, 0.1) is 5.92 Å². The van der Waals surface area contributed by atoms with E-state index in [1.807, 2.05) is 6.92 Å². The van der Waals surface area contributed by atoms with Crippen molar-refractivity contribution < 1.29 is 31.6 Å². The van der Waals surface area contributed by atoms with Gasteiger partial charge in [-0.05, 0) is 19.3 Å². The summed E-state index contributed by atoms with van der Waals surface area (Å²) < 4.78 is 34.7. The van der Waals surface area contributed by atoms with Gasteiger partial charge in [-0.15, -0.1) is 4.28 Å². The second-order valence-corrected chi connectivity index (χ2v) is 7.54. The van der Waals surface area contributed by atoms with E-state index < -0.39 is 34.4 Å². The van der Waals surface area contributed by atoms with Crippen LogP contribution in [0.2, 0.25) is 0 Å². The first-order valence-electron chi connectivity index (χ1n) is 8.50. The average molecular weight is 392 g/mol. The zero-order valence-corrected chi connectivity index (χ0v) is 15.5. The molecular formula is C14H24N4O7S. The zero-order chi connectivity index (χ0) is 19.5. The molecule has 2 aliphatic heterocycles. The fourth-order valence-electron chi connectivity index (χ4n) is 3.08. The lowest BCUT2D eigenvalue weighted by Crippen LogP contribution is -2.54. The molecule has 11 nitrogen and oxygen atoms in total. The van der Waals surface area contributed by atoms with Crippen molar-refractivity contribution >= 4 is 28.2 Å². The molecule has 2 saturated heterocycles. The van der Waals surface area contributed by atoms with E-state index >= 15 is 0 Å². The summed E-state index contributed by atoms with van der Waals surface area (Å²) in [5.74, 6) is -1.14. The summed E-state index contributed by atoms with van der Waals surface area (Å²) >= 11 is 0. The number of piperidine rings is 1. The lowest BCUT2D eigenvalue weighted by atomic mass is 10.0. The quantitative estimate of drug-likeness (QED) is 0.407. The predicted octanol–water partition coefficient (Wildman–Crippen LogP) is -0.0369. The normalized spacial score (nSPS) is 23.7. The number of unbranched alkanes of at least 4 members (excludes halogenated alkanes) is 1. The molecule has 2 rings (SSSR count). The lowest BCUT2D eigenvalue weighted by molar-refractivity contribution is -0.133. The minimum absolute atomic E-state index is 0.0906. The van der Waals surface area contributed by atoms with Crippen molar-refractivity contribution in [3.8, 4) is 0 Å². The van der Waals surface area contributed by atoms with Crippen LogP contribution in [0.5, 0.6) is 0 Å². The van der Waals surface area contributed by atoms with Gasteiger partial charge in [0.25, 0.3) is 5.91 Å². The Hall–Kier alpha value is -1.92. The van der Waals surface area contributed by atoms with Gasteiger partial charge < -0.3 is 4.90 Å². The van der Waals surface area contributed by atoms with Gasteiger partial charge in [-0.3, -0.25) is 25.0 Å². The number of urea groups is 1. The Morgan fingerprint density at radius 1 is 1.35 bits per heavy atom. The summed E-state index contributed by atoms with van der Waals surface area (Å²) in [7, 11) is -4.83. The fourth-order valence-corrected chi connectivity index (χ4v) is 3.46. The van der Waals surface area contributed by atoms with E-state index in [0.29, 0.717) is 17.9 Å². The second-order valence-electron chi connectivity index (χ2n) is 6.53. The highest BCUT2D eigenvalue weighted by molar-refractivity contribution is 7.80. The van der Waals surface area contributed by atoms with Crippen molar-refractivity contribution in [3.05, 3.63) is 0 Å². The van der Waals surface area contributed by atoms with Gasteiger partial charge in [-0.25, -0.2) is 4.79 Å². The number of nitrogens with zero attached hydrogens (tertiary/aromatic N) is 2. The van der Waals surface area contributed by atoms with Crippen LogP contribution < -0.4 is 10.9 Å². The summed E-state index contributed by atoms with van der Waals surface area (Å²) in [6.45, 7) is 3.87. The predicted molar refractivity (Wildman–Crippen MR) is 88.4 cm³/mol. The lowest BCUT2D eigenvalue weighted by Gasteiger charge is -2.29. The van der Waals surface area contributed by atoms with Crippen molar-refractivity contribution in [2.24, 2.45) is 5.92 Å². The van der Waals surface area contributed by atoms with E-state index in [1.54, 1.807) is 6.92 Å². The van der Waals surface area contributed by atoms with Crippen molar-refractivity contribution in [2.45, 2.75) is 58.0 Å². The first-order chi connectivity index (χ1) is 12.1. The summed E-state index contributed by atoms with van der Waals surface area (Å²) in [4.78, 5) is 37.6. The molecule has 0 aliphatic carbocycles. The molecule has 2 unspecified atom stereocenters. The monoisotopic (exact) mass is 392 g/mol. The van der Waals surface area contributed by atoms with Crippen molar-refractivity contribution in [2.75, 3.05) is 6.54 Å². The van der Waals surface area contributed by atoms with Crippen molar-refractivity contribution in [1.29, 1.82) is 0 Å². The molecule has 148 valence electrons. The molecule has 2 fully saturated rings. The standard InChI is InChI=1S/C14H24N4O7S/c1-3-4-5-9(2)12(19)15-16-13(20)11-7-6-10-8-17(11)14(21)18(10)25-26(22,23)24/h9-11H,3-8H2,1-2H3,(H,15,19)(H,16,20)(H,22,23,24)/t9?,10?,11-/m0/s1. The van der Waals surface area contributed by atoms with E-state index in [0.717, 1.165) is 17.7 Å². The number of fused-ring (bicyclic) bond motifs is 2. The molecular weight excluding hydrogens is 368 g/mol. The number of hydrogen-bond acceptors (Lipinski definition) is 6. The highest BCUT2D eigenvalue weighted by Crippen LogP contribution is 2.30. The first kappa shape index (κ1) is 20.4. The number of nitrogens with one attached hydrogen (secondary N) is 2. The topological polar surface area (TPSA) is 145 Å².